The third-order valence-corrected chi connectivity index (χ3v) is 3.56. The normalized spacial score (nSPS) is 10.3. The maximum absolute atomic E-state index is 11.5. The number of aliphatic carboxylic acids is 1. The van der Waals surface area contributed by atoms with Crippen molar-refractivity contribution in [3.8, 4) is 11.5 Å². The number of nitrogen functional groups attached to an aromatic ring is 2. The molecule has 0 bridgehead atoms. The van der Waals surface area contributed by atoms with Crippen LogP contribution in [0.2, 0.25) is 0 Å². The number of carboxylic acid groups (broad SMARTS) is 1. The number of methoxy groups -OCH3 is 1. The Morgan fingerprint density at radius 1 is 1.26 bits per heavy atom. The number of carbonyl (C=O) groups excluding carboxylic acids is 1. The standard InChI is InChI=1S/C17H21N5O5/c1-26-12-3-2-10(6-11-8-21-17(19)22-16(11)18)7-13(12)27-5-4-14(23)20-9-15(24)25/h2-3,7-8H,4-6,9H2,1H3,(H,20,23)(H,24,25)(H4,18,19,21,22). The lowest BCUT2D eigenvalue weighted by atomic mass is 10.1. The Bertz CT molecular complexity index is 827. The predicted molar refractivity (Wildman–Crippen MR) is 97.4 cm³/mol. The van der Waals surface area contributed by atoms with Crippen molar-refractivity contribution in [1.82, 2.24) is 15.3 Å². The number of anilines is 2. The van der Waals surface area contributed by atoms with Crippen molar-refractivity contribution < 1.29 is 24.2 Å². The van der Waals surface area contributed by atoms with Crippen LogP contribution in [0.4, 0.5) is 11.8 Å². The summed E-state index contributed by atoms with van der Waals surface area (Å²) in [6.45, 7) is -0.360. The van der Waals surface area contributed by atoms with E-state index in [4.69, 9.17) is 26.0 Å². The van der Waals surface area contributed by atoms with E-state index in [2.05, 4.69) is 15.3 Å². The minimum atomic E-state index is -1.11. The molecule has 2 aromatic rings. The van der Waals surface area contributed by atoms with E-state index in [-0.39, 0.29) is 19.0 Å². The smallest absolute Gasteiger partial charge is 0.322 e. The summed E-state index contributed by atoms with van der Waals surface area (Å²) in [6.07, 6.45) is 2.04. The van der Waals surface area contributed by atoms with Gasteiger partial charge in [-0.1, -0.05) is 6.07 Å². The second-order valence-electron chi connectivity index (χ2n) is 5.57. The van der Waals surface area contributed by atoms with Crippen molar-refractivity contribution in [3.05, 3.63) is 35.5 Å². The molecule has 2 rings (SSSR count). The van der Waals surface area contributed by atoms with Crippen LogP contribution < -0.4 is 26.3 Å². The molecule has 0 spiro atoms. The van der Waals surface area contributed by atoms with Gasteiger partial charge in [-0.05, 0) is 17.7 Å². The van der Waals surface area contributed by atoms with Crippen LogP contribution in [-0.2, 0) is 16.0 Å². The highest BCUT2D eigenvalue weighted by molar-refractivity contribution is 5.81. The summed E-state index contributed by atoms with van der Waals surface area (Å²) in [5.74, 6) is -0.155. The molecule has 0 unspecified atom stereocenters. The number of ether oxygens (including phenoxy) is 2. The first-order valence-electron chi connectivity index (χ1n) is 8.04. The molecule has 10 heteroatoms. The highest BCUT2D eigenvalue weighted by Crippen LogP contribution is 2.29. The van der Waals surface area contributed by atoms with Gasteiger partial charge in [-0.3, -0.25) is 9.59 Å². The molecule has 0 aliphatic carbocycles. The van der Waals surface area contributed by atoms with Crippen molar-refractivity contribution in [1.29, 1.82) is 0 Å². The first kappa shape index (κ1) is 19.8. The van der Waals surface area contributed by atoms with Gasteiger partial charge < -0.3 is 31.4 Å². The predicted octanol–water partition coefficient (Wildman–Crippen LogP) is 0.210. The van der Waals surface area contributed by atoms with E-state index in [1.54, 1.807) is 18.3 Å². The number of benzene rings is 1. The number of aromatic nitrogens is 2. The summed E-state index contributed by atoms with van der Waals surface area (Å²) < 4.78 is 10.9. The summed E-state index contributed by atoms with van der Waals surface area (Å²) in [5, 5.41) is 10.8. The van der Waals surface area contributed by atoms with E-state index >= 15 is 0 Å². The van der Waals surface area contributed by atoms with Crippen LogP contribution >= 0.6 is 0 Å². The van der Waals surface area contributed by atoms with Gasteiger partial charge in [0.2, 0.25) is 11.9 Å². The van der Waals surface area contributed by atoms with E-state index in [1.165, 1.54) is 7.11 Å². The zero-order valence-electron chi connectivity index (χ0n) is 14.8. The van der Waals surface area contributed by atoms with E-state index < -0.39 is 18.4 Å². The lowest BCUT2D eigenvalue weighted by Gasteiger charge is -2.13. The Kier molecular flexibility index (Phi) is 6.75. The topological polar surface area (TPSA) is 163 Å². The van der Waals surface area contributed by atoms with E-state index in [0.717, 1.165) is 5.56 Å². The van der Waals surface area contributed by atoms with Gasteiger partial charge in [0.1, 0.15) is 12.4 Å². The van der Waals surface area contributed by atoms with E-state index in [1.807, 2.05) is 6.07 Å². The molecule has 27 heavy (non-hydrogen) atoms. The number of hydrogen-bond acceptors (Lipinski definition) is 8. The zero-order chi connectivity index (χ0) is 19.8. The maximum atomic E-state index is 11.5. The van der Waals surface area contributed by atoms with Crippen LogP contribution in [0.3, 0.4) is 0 Å². The zero-order valence-corrected chi connectivity index (χ0v) is 14.8. The summed E-state index contributed by atoms with van der Waals surface area (Å²) in [5.41, 5.74) is 12.9. The molecule has 0 aliphatic heterocycles. The third-order valence-electron chi connectivity index (χ3n) is 3.56. The summed E-state index contributed by atoms with van der Waals surface area (Å²) >= 11 is 0. The van der Waals surface area contributed by atoms with Crippen LogP contribution in [0.1, 0.15) is 17.5 Å². The van der Waals surface area contributed by atoms with Crippen molar-refractivity contribution in [2.75, 3.05) is 31.7 Å². The van der Waals surface area contributed by atoms with Crippen molar-refractivity contribution in [2.24, 2.45) is 0 Å². The number of amides is 1. The van der Waals surface area contributed by atoms with Crippen LogP contribution in [0, 0.1) is 0 Å². The van der Waals surface area contributed by atoms with Crippen LogP contribution in [0.25, 0.3) is 0 Å². The Morgan fingerprint density at radius 3 is 2.70 bits per heavy atom. The number of carbonyl (C=O) groups is 2. The summed E-state index contributed by atoms with van der Waals surface area (Å²) in [4.78, 5) is 29.8. The Hall–Kier alpha value is -3.56. The van der Waals surface area contributed by atoms with Gasteiger partial charge in [0.15, 0.2) is 11.5 Å². The quantitative estimate of drug-likeness (QED) is 0.480. The minimum absolute atomic E-state index is 0.0133. The van der Waals surface area contributed by atoms with Crippen LogP contribution in [-0.4, -0.2) is 47.2 Å². The number of nitrogens with zero attached hydrogens (tertiary/aromatic N) is 2. The molecule has 1 aromatic heterocycles. The molecular formula is C17H21N5O5. The minimum Gasteiger partial charge on any atom is -0.493 e. The van der Waals surface area contributed by atoms with Crippen molar-refractivity contribution in [2.45, 2.75) is 12.8 Å². The third kappa shape index (κ3) is 6.03. The molecule has 1 amide bonds. The number of nitrogens with one attached hydrogen (secondary N) is 1. The molecule has 144 valence electrons. The monoisotopic (exact) mass is 375 g/mol. The molecule has 0 radical (unpaired) electrons. The number of carboxylic acids is 1. The molecule has 0 atom stereocenters. The van der Waals surface area contributed by atoms with Gasteiger partial charge in [-0.2, -0.15) is 4.98 Å². The second-order valence-corrected chi connectivity index (χ2v) is 5.57. The lowest BCUT2D eigenvalue weighted by molar-refractivity contribution is -0.138. The van der Waals surface area contributed by atoms with Gasteiger partial charge in [0.05, 0.1) is 20.1 Å². The summed E-state index contributed by atoms with van der Waals surface area (Å²) in [6, 6.07) is 5.36. The number of rotatable bonds is 9. The fourth-order valence-electron chi connectivity index (χ4n) is 2.25. The first-order valence-corrected chi connectivity index (χ1v) is 8.04. The molecular weight excluding hydrogens is 354 g/mol. The van der Waals surface area contributed by atoms with Crippen LogP contribution in [0.5, 0.6) is 11.5 Å². The SMILES string of the molecule is COc1ccc(Cc2cnc(N)nc2N)cc1OCCC(=O)NCC(=O)O. The van der Waals surface area contributed by atoms with Gasteiger partial charge in [0, 0.05) is 18.2 Å². The van der Waals surface area contributed by atoms with E-state index in [0.29, 0.717) is 29.3 Å². The lowest BCUT2D eigenvalue weighted by Crippen LogP contribution is -2.30. The maximum Gasteiger partial charge on any atom is 0.322 e. The average molecular weight is 375 g/mol. The number of hydrogen-bond donors (Lipinski definition) is 4. The first-order chi connectivity index (χ1) is 12.9. The summed E-state index contributed by atoms with van der Waals surface area (Å²) in [7, 11) is 1.51. The highest BCUT2D eigenvalue weighted by Gasteiger charge is 2.10. The van der Waals surface area contributed by atoms with Crippen molar-refractivity contribution >= 4 is 23.6 Å². The van der Waals surface area contributed by atoms with E-state index in [9.17, 15) is 9.59 Å². The highest BCUT2D eigenvalue weighted by atomic mass is 16.5. The Balaban J connectivity index is 2.02. The molecule has 0 aliphatic rings. The second kappa shape index (κ2) is 9.22. The Morgan fingerprint density at radius 2 is 2.04 bits per heavy atom. The molecule has 1 heterocycles. The van der Waals surface area contributed by atoms with Gasteiger partial charge in [-0.25, -0.2) is 4.98 Å². The van der Waals surface area contributed by atoms with Gasteiger partial charge in [-0.15, -0.1) is 0 Å². The largest absolute Gasteiger partial charge is 0.493 e. The van der Waals surface area contributed by atoms with Crippen molar-refractivity contribution in [3.63, 3.8) is 0 Å². The fourth-order valence-corrected chi connectivity index (χ4v) is 2.25. The molecule has 0 saturated carbocycles. The average Bonchev–Trinajstić information content (AvgIpc) is 2.62. The molecule has 6 N–H and O–H groups in total. The fraction of sp³-hybridized carbons (Fsp3) is 0.294. The Labute approximate surface area is 155 Å². The molecule has 1 aromatic carbocycles. The molecule has 0 fully saturated rings. The van der Waals surface area contributed by atoms with Gasteiger partial charge >= 0.3 is 5.97 Å². The molecule has 10 nitrogen and oxygen atoms in total. The van der Waals surface area contributed by atoms with Crippen LogP contribution in [0.15, 0.2) is 24.4 Å². The van der Waals surface area contributed by atoms with Gasteiger partial charge in [0.25, 0.3) is 0 Å². The number of nitrogens with two attached hydrogens (primary N) is 2. The molecule has 0 saturated heterocycles.